The monoisotopic (exact) mass is 314 g/mol. The number of aromatic hydroxyl groups is 1. The third kappa shape index (κ3) is 3.26. The first kappa shape index (κ1) is 15.3. The van der Waals surface area contributed by atoms with E-state index in [9.17, 15) is 15.2 Å². The number of nitriles is 1. The van der Waals surface area contributed by atoms with Crippen LogP contribution < -0.4 is 5.32 Å². The van der Waals surface area contributed by atoms with Gasteiger partial charge in [-0.2, -0.15) is 5.26 Å². The molecule has 0 aliphatic rings. The largest absolute Gasteiger partial charge is 0.508 e. The first-order valence-electron chi connectivity index (χ1n) is 7.37. The Morgan fingerprint density at radius 2 is 1.71 bits per heavy atom. The van der Waals surface area contributed by atoms with Gasteiger partial charge in [-0.15, -0.1) is 0 Å². The standard InChI is InChI=1S/C20H14N2O2/c21-13-16(20(24)22-17-8-10-18(23)11-9-17)12-15-6-3-5-14-4-1-2-7-19(14)15/h1-12,23H,(H,22,24)/b16-12+. The molecule has 4 heteroatoms. The van der Waals surface area contributed by atoms with E-state index in [4.69, 9.17) is 0 Å². The van der Waals surface area contributed by atoms with Crippen molar-refractivity contribution in [2.75, 3.05) is 5.32 Å². The third-order valence-corrected chi connectivity index (χ3v) is 3.61. The van der Waals surface area contributed by atoms with E-state index in [1.807, 2.05) is 48.5 Å². The Hall–Kier alpha value is -3.58. The maximum atomic E-state index is 12.3. The Labute approximate surface area is 139 Å². The van der Waals surface area contributed by atoms with Crippen LogP contribution in [0.3, 0.4) is 0 Å². The zero-order valence-corrected chi connectivity index (χ0v) is 12.7. The van der Waals surface area contributed by atoms with E-state index >= 15 is 0 Å². The number of phenols is 1. The van der Waals surface area contributed by atoms with E-state index in [0.29, 0.717) is 5.69 Å². The highest BCUT2D eigenvalue weighted by atomic mass is 16.3. The molecule has 4 nitrogen and oxygen atoms in total. The van der Waals surface area contributed by atoms with Crippen molar-refractivity contribution in [3.63, 3.8) is 0 Å². The van der Waals surface area contributed by atoms with Crippen molar-refractivity contribution in [3.05, 3.63) is 77.9 Å². The van der Waals surface area contributed by atoms with Gasteiger partial charge in [-0.1, -0.05) is 42.5 Å². The van der Waals surface area contributed by atoms with Gasteiger partial charge in [0.2, 0.25) is 0 Å². The highest BCUT2D eigenvalue weighted by Gasteiger charge is 2.10. The van der Waals surface area contributed by atoms with Crippen molar-refractivity contribution in [2.24, 2.45) is 0 Å². The quantitative estimate of drug-likeness (QED) is 0.434. The summed E-state index contributed by atoms with van der Waals surface area (Å²) in [6, 6.07) is 21.6. The van der Waals surface area contributed by atoms with Crippen molar-refractivity contribution in [1.29, 1.82) is 5.26 Å². The van der Waals surface area contributed by atoms with Crippen LogP contribution in [0.2, 0.25) is 0 Å². The van der Waals surface area contributed by atoms with E-state index < -0.39 is 5.91 Å². The van der Waals surface area contributed by atoms with Gasteiger partial charge in [-0.3, -0.25) is 4.79 Å². The predicted octanol–water partition coefficient (Wildman–Crippen LogP) is 4.09. The third-order valence-electron chi connectivity index (χ3n) is 3.61. The number of fused-ring (bicyclic) bond motifs is 1. The fraction of sp³-hybridized carbons (Fsp3) is 0. The van der Waals surface area contributed by atoms with E-state index in [1.54, 1.807) is 18.2 Å². The number of amides is 1. The number of phenolic OH excluding ortho intramolecular Hbond substituents is 1. The van der Waals surface area contributed by atoms with Crippen LogP contribution in [0.15, 0.2) is 72.3 Å². The zero-order chi connectivity index (χ0) is 16.9. The molecule has 24 heavy (non-hydrogen) atoms. The molecule has 0 unspecified atom stereocenters. The Bertz CT molecular complexity index is 962. The molecule has 1 amide bonds. The van der Waals surface area contributed by atoms with Crippen LogP contribution in [-0.2, 0) is 4.79 Å². The number of nitrogens with zero attached hydrogens (tertiary/aromatic N) is 1. The van der Waals surface area contributed by atoms with Crippen molar-refractivity contribution in [3.8, 4) is 11.8 Å². The molecule has 2 N–H and O–H groups in total. The van der Waals surface area contributed by atoms with Crippen LogP contribution in [0.5, 0.6) is 5.75 Å². The van der Waals surface area contributed by atoms with Gasteiger partial charge in [0.1, 0.15) is 17.4 Å². The number of benzene rings is 3. The Morgan fingerprint density at radius 1 is 1.00 bits per heavy atom. The van der Waals surface area contributed by atoms with Gasteiger partial charge >= 0.3 is 0 Å². The van der Waals surface area contributed by atoms with Gasteiger partial charge in [-0.25, -0.2) is 0 Å². The van der Waals surface area contributed by atoms with Gasteiger partial charge in [0, 0.05) is 5.69 Å². The molecule has 116 valence electrons. The summed E-state index contributed by atoms with van der Waals surface area (Å²) in [5, 5.41) is 23.3. The molecule has 3 aromatic rings. The number of anilines is 1. The van der Waals surface area contributed by atoms with Crippen LogP contribution in [0.4, 0.5) is 5.69 Å². The van der Waals surface area contributed by atoms with Crippen LogP contribution in [0, 0.1) is 11.3 Å². The molecule has 3 aromatic carbocycles. The lowest BCUT2D eigenvalue weighted by Gasteiger charge is -2.06. The molecule has 0 radical (unpaired) electrons. The Kier molecular flexibility index (Phi) is 4.26. The topological polar surface area (TPSA) is 73.1 Å². The van der Waals surface area contributed by atoms with Gasteiger partial charge in [0.05, 0.1) is 0 Å². The van der Waals surface area contributed by atoms with E-state index in [1.165, 1.54) is 12.1 Å². The fourth-order valence-electron chi connectivity index (χ4n) is 2.42. The molecular formula is C20H14N2O2. The minimum absolute atomic E-state index is 0.0134. The highest BCUT2D eigenvalue weighted by Crippen LogP contribution is 2.21. The number of rotatable bonds is 3. The van der Waals surface area contributed by atoms with E-state index in [0.717, 1.165) is 16.3 Å². The predicted molar refractivity (Wildman–Crippen MR) is 94.3 cm³/mol. The number of carbonyl (C=O) groups is 1. The maximum absolute atomic E-state index is 12.3. The van der Waals surface area contributed by atoms with Crippen LogP contribution in [0.1, 0.15) is 5.56 Å². The highest BCUT2D eigenvalue weighted by molar-refractivity contribution is 6.10. The summed E-state index contributed by atoms with van der Waals surface area (Å²) in [6.45, 7) is 0. The molecular weight excluding hydrogens is 300 g/mol. The minimum atomic E-state index is -0.490. The maximum Gasteiger partial charge on any atom is 0.266 e. The molecule has 0 saturated carbocycles. The van der Waals surface area contributed by atoms with Gasteiger partial charge in [0.15, 0.2) is 0 Å². The molecule has 0 aliphatic heterocycles. The van der Waals surface area contributed by atoms with E-state index in [-0.39, 0.29) is 11.3 Å². The first-order valence-corrected chi connectivity index (χ1v) is 7.37. The van der Waals surface area contributed by atoms with Crippen LogP contribution >= 0.6 is 0 Å². The van der Waals surface area contributed by atoms with Crippen molar-refractivity contribution >= 4 is 28.4 Å². The molecule has 0 aromatic heterocycles. The summed E-state index contributed by atoms with van der Waals surface area (Å²) in [5.74, 6) is -0.379. The van der Waals surface area contributed by atoms with Crippen LogP contribution in [0.25, 0.3) is 16.8 Å². The lowest BCUT2D eigenvalue weighted by Crippen LogP contribution is -2.13. The molecule has 0 aliphatic carbocycles. The molecule has 0 atom stereocenters. The van der Waals surface area contributed by atoms with Crippen molar-refractivity contribution in [1.82, 2.24) is 0 Å². The molecule has 3 rings (SSSR count). The lowest BCUT2D eigenvalue weighted by molar-refractivity contribution is -0.112. The molecule has 0 heterocycles. The molecule has 0 spiro atoms. The summed E-state index contributed by atoms with van der Waals surface area (Å²) < 4.78 is 0. The van der Waals surface area contributed by atoms with Crippen molar-refractivity contribution < 1.29 is 9.90 Å². The SMILES string of the molecule is N#C/C(=C\c1cccc2ccccc12)C(=O)Nc1ccc(O)cc1. The average Bonchev–Trinajstić information content (AvgIpc) is 2.61. The van der Waals surface area contributed by atoms with Gasteiger partial charge in [0.25, 0.3) is 5.91 Å². The minimum Gasteiger partial charge on any atom is -0.508 e. The van der Waals surface area contributed by atoms with Gasteiger partial charge in [-0.05, 0) is 46.7 Å². The second-order valence-corrected chi connectivity index (χ2v) is 5.24. The fourth-order valence-corrected chi connectivity index (χ4v) is 2.42. The summed E-state index contributed by atoms with van der Waals surface area (Å²) >= 11 is 0. The average molecular weight is 314 g/mol. The summed E-state index contributed by atoms with van der Waals surface area (Å²) in [6.07, 6.45) is 1.58. The molecule has 0 saturated heterocycles. The number of carbonyl (C=O) groups excluding carboxylic acids is 1. The smallest absolute Gasteiger partial charge is 0.266 e. The normalized spacial score (nSPS) is 11.0. The number of hydrogen-bond donors (Lipinski definition) is 2. The van der Waals surface area contributed by atoms with Crippen molar-refractivity contribution in [2.45, 2.75) is 0 Å². The Balaban J connectivity index is 1.92. The first-order chi connectivity index (χ1) is 11.7. The number of nitrogens with one attached hydrogen (secondary N) is 1. The summed E-state index contributed by atoms with van der Waals surface area (Å²) in [5.41, 5.74) is 1.34. The van der Waals surface area contributed by atoms with Crippen LogP contribution in [-0.4, -0.2) is 11.0 Å². The summed E-state index contributed by atoms with van der Waals surface area (Å²) in [4.78, 5) is 12.3. The summed E-state index contributed by atoms with van der Waals surface area (Å²) in [7, 11) is 0. The zero-order valence-electron chi connectivity index (χ0n) is 12.7. The molecule has 0 bridgehead atoms. The van der Waals surface area contributed by atoms with Gasteiger partial charge < -0.3 is 10.4 Å². The Morgan fingerprint density at radius 3 is 2.46 bits per heavy atom. The van der Waals surface area contributed by atoms with E-state index in [2.05, 4.69) is 5.32 Å². The molecule has 0 fully saturated rings. The second-order valence-electron chi connectivity index (χ2n) is 5.24. The number of hydrogen-bond acceptors (Lipinski definition) is 3. The lowest BCUT2D eigenvalue weighted by atomic mass is 10.0. The second kappa shape index (κ2) is 6.67.